The number of hydrogen-bond acceptors (Lipinski definition) is 5. The van der Waals surface area contributed by atoms with Crippen LogP contribution in [0.2, 0.25) is 0 Å². The number of anilines is 1. The second-order valence-corrected chi connectivity index (χ2v) is 5.46. The van der Waals surface area contributed by atoms with Gasteiger partial charge in [0.2, 0.25) is 5.95 Å². The van der Waals surface area contributed by atoms with Gasteiger partial charge in [0.15, 0.2) is 0 Å². The Morgan fingerprint density at radius 3 is 2.53 bits per heavy atom. The molecule has 1 saturated heterocycles. The first-order valence-electron chi connectivity index (χ1n) is 6.99. The van der Waals surface area contributed by atoms with Gasteiger partial charge in [-0.25, -0.2) is 9.97 Å². The minimum atomic E-state index is 0.152. The van der Waals surface area contributed by atoms with Crippen LogP contribution >= 0.6 is 0 Å². The van der Waals surface area contributed by atoms with E-state index in [1.165, 1.54) is 0 Å². The third-order valence-electron chi connectivity index (χ3n) is 3.55. The summed E-state index contributed by atoms with van der Waals surface area (Å²) in [6, 6.07) is 0.152. The largest absolute Gasteiger partial charge is 0.384 e. The van der Waals surface area contributed by atoms with Gasteiger partial charge >= 0.3 is 0 Å². The topological polar surface area (TPSA) is 64.3 Å². The van der Waals surface area contributed by atoms with E-state index in [2.05, 4.69) is 14.9 Å². The van der Waals surface area contributed by atoms with Crippen molar-refractivity contribution in [3.8, 4) is 0 Å². The summed E-state index contributed by atoms with van der Waals surface area (Å²) in [5, 5.41) is 0. The maximum absolute atomic E-state index is 5.77. The quantitative estimate of drug-likeness (QED) is 0.866. The summed E-state index contributed by atoms with van der Waals surface area (Å²) in [5.74, 6) is 1.52. The molecule has 5 heteroatoms. The zero-order valence-electron chi connectivity index (χ0n) is 11.9. The van der Waals surface area contributed by atoms with Crippen LogP contribution in [-0.2, 0) is 11.2 Å². The van der Waals surface area contributed by atoms with Crippen molar-refractivity contribution in [3.63, 3.8) is 0 Å². The molecule has 0 spiro atoms. The van der Waals surface area contributed by atoms with E-state index in [1.807, 2.05) is 19.3 Å². The van der Waals surface area contributed by atoms with Crippen molar-refractivity contribution in [3.05, 3.63) is 18.0 Å². The predicted octanol–water partition coefficient (Wildman–Crippen LogP) is 1.23. The van der Waals surface area contributed by atoms with Crippen molar-refractivity contribution >= 4 is 5.95 Å². The van der Waals surface area contributed by atoms with E-state index in [-0.39, 0.29) is 6.04 Å². The number of nitrogens with two attached hydrogens (primary N) is 1. The molecule has 106 valence electrons. The normalized spacial score (nSPS) is 18.6. The number of hydrogen-bond donors (Lipinski definition) is 1. The Morgan fingerprint density at radius 2 is 2.00 bits per heavy atom. The fraction of sp³-hybridized carbons (Fsp3) is 0.714. The summed E-state index contributed by atoms with van der Waals surface area (Å²) < 4.78 is 5.21. The van der Waals surface area contributed by atoms with E-state index in [9.17, 15) is 0 Å². The Bertz CT molecular complexity index is 372. The fourth-order valence-electron chi connectivity index (χ4n) is 2.52. The molecular formula is C14H24N4O. The molecule has 0 aliphatic carbocycles. The van der Waals surface area contributed by atoms with E-state index in [0.29, 0.717) is 5.92 Å². The molecule has 0 amide bonds. The Hall–Kier alpha value is -1.20. The smallest absolute Gasteiger partial charge is 0.225 e. The monoisotopic (exact) mass is 264 g/mol. The second kappa shape index (κ2) is 6.82. The molecule has 1 aliphatic rings. The lowest BCUT2D eigenvalue weighted by Crippen LogP contribution is -2.36. The number of ether oxygens (including phenoxy) is 1. The Balaban J connectivity index is 1.89. The van der Waals surface area contributed by atoms with Crippen LogP contribution in [0.15, 0.2) is 12.4 Å². The van der Waals surface area contributed by atoms with Crippen molar-refractivity contribution in [1.82, 2.24) is 9.97 Å². The van der Waals surface area contributed by atoms with Gasteiger partial charge in [0.05, 0.1) is 0 Å². The molecule has 0 radical (unpaired) electrons. The van der Waals surface area contributed by atoms with Crippen LogP contribution in [0.3, 0.4) is 0 Å². The van der Waals surface area contributed by atoms with Crippen LogP contribution < -0.4 is 10.6 Å². The SMILES string of the molecule is COCC1CCN(c2ncc(CC(C)N)cn2)CC1. The molecule has 1 unspecified atom stereocenters. The van der Waals surface area contributed by atoms with Gasteiger partial charge in [-0.2, -0.15) is 0 Å². The molecule has 1 aliphatic heterocycles. The molecule has 0 bridgehead atoms. The van der Waals surface area contributed by atoms with Crippen molar-refractivity contribution in [1.29, 1.82) is 0 Å². The number of nitrogens with zero attached hydrogens (tertiary/aromatic N) is 3. The first-order valence-corrected chi connectivity index (χ1v) is 6.99. The summed E-state index contributed by atoms with van der Waals surface area (Å²) in [6.07, 6.45) is 6.92. The molecule has 5 nitrogen and oxygen atoms in total. The highest BCUT2D eigenvalue weighted by Crippen LogP contribution is 2.20. The average Bonchev–Trinajstić information content (AvgIpc) is 2.40. The standard InChI is InChI=1S/C14H24N4O/c1-11(15)7-13-8-16-14(17-9-13)18-5-3-12(4-6-18)10-19-2/h8-9,11-12H,3-7,10,15H2,1-2H3. The van der Waals surface area contributed by atoms with E-state index in [1.54, 1.807) is 7.11 Å². The van der Waals surface area contributed by atoms with E-state index in [0.717, 1.165) is 50.5 Å². The number of methoxy groups -OCH3 is 1. The number of aromatic nitrogens is 2. The fourth-order valence-corrected chi connectivity index (χ4v) is 2.52. The molecule has 2 N–H and O–H groups in total. The lowest BCUT2D eigenvalue weighted by atomic mass is 9.98. The van der Waals surface area contributed by atoms with Crippen molar-refractivity contribution in [2.45, 2.75) is 32.2 Å². The lowest BCUT2D eigenvalue weighted by molar-refractivity contribution is 0.139. The molecule has 2 heterocycles. The van der Waals surface area contributed by atoms with Crippen LogP contribution in [0.1, 0.15) is 25.3 Å². The van der Waals surface area contributed by atoms with Gasteiger partial charge in [-0.15, -0.1) is 0 Å². The van der Waals surface area contributed by atoms with E-state index in [4.69, 9.17) is 10.5 Å². The highest BCUT2D eigenvalue weighted by Gasteiger charge is 2.20. The Labute approximate surface area is 115 Å². The van der Waals surface area contributed by atoms with Gasteiger partial charge < -0.3 is 15.4 Å². The number of piperidine rings is 1. The van der Waals surface area contributed by atoms with Crippen LogP contribution in [0.4, 0.5) is 5.95 Å². The van der Waals surface area contributed by atoms with Gasteiger partial charge in [-0.1, -0.05) is 0 Å². The molecule has 1 atom stereocenters. The zero-order valence-corrected chi connectivity index (χ0v) is 11.9. The Kier molecular flexibility index (Phi) is 5.10. The van der Waals surface area contributed by atoms with Crippen molar-refractivity contribution in [2.75, 3.05) is 31.7 Å². The summed E-state index contributed by atoms with van der Waals surface area (Å²) in [7, 11) is 1.77. The van der Waals surface area contributed by atoms with Gasteiger partial charge in [-0.3, -0.25) is 0 Å². The third kappa shape index (κ3) is 4.14. The van der Waals surface area contributed by atoms with Gasteiger partial charge in [-0.05, 0) is 37.7 Å². The summed E-state index contributed by atoms with van der Waals surface area (Å²) in [6.45, 7) is 4.89. The van der Waals surface area contributed by atoms with Crippen LogP contribution in [0.25, 0.3) is 0 Å². The second-order valence-electron chi connectivity index (χ2n) is 5.46. The minimum absolute atomic E-state index is 0.152. The predicted molar refractivity (Wildman–Crippen MR) is 76.2 cm³/mol. The van der Waals surface area contributed by atoms with Crippen molar-refractivity contribution < 1.29 is 4.74 Å². The number of rotatable bonds is 5. The van der Waals surface area contributed by atoms with E-state index < -0.39 is 0 Å². The Morgan fingerprint density at radius 1 is 1.37 bits per heavy atom. The summed E-state index contributed by atoms with van der Waals surface area (Å²) in [4.78, 5) is 11.2. The zero-order chi connectivity index (χ0) is 13.7. The molecule has 0 aromatic carbocycles. The molecule has 1 aromatic heterocycles. The molecule has 2 rings (SSSR count). The molecule has 1 fully saturated rings. The lowest BCUT2D eigenvalue weighted by Gasteiger charge is -2.31. The maximum Gasteiger partial charge on any atom is 0.225 e. The first kappa shape index (κ1) is 14.2. The first-order chi connectivity index (χ1) is 9.19. The van der Waals surface area contributed by atoms with Crippen LogP contribution in [0.5, 0.6) is 0 Å². The summed E-state index contributed by atoms with van der Waals surface area (Å²) in [5.41, 5.74) is 6.88. The molecule has 0 saturated carbocycles. The molecule has 1 aromatic rings. The van der Waals surface area contributed by atoms with Gasteiger partial charge in [0.25, 0.3) is 0 Å². The third-order valence-corrected chi connectivity index (χ3v) is 3.55. The average molecular weight is 264 g/mol. The van der Waals surface area contributed by atoms with Crippen LogP contribution in [-0.4, -0.2) is 42.8 Å². The maximum atomic E-state index is 5.77. The highest BCUT2D eigenvalue weighted by atomic mass is 16.5. The van der Waals surface area contributed by atoms with Crippen molar-refractivity contribution in [2.24, 2.45) is 11.7 Å². The summed E-state index contributed by atoms with van der Waals surface area (Å²) >= 11 is 0. The van der Waals surface area contributed by atoms with Gasteiger partial charge in [0.1, 0.15) is 0 Å². The highest BCUT2D eigenvalue weighted by molar-refractivity contribution is 5.30. The molecular weight excluding hydrogens is 240 g/mol. The van der Waals surface area contributed by atoms with Crippen LogP contribution in [0, 0.1) is 5.92 Å². The minimum Gasteiger partial charge on any atom is -0.384 e. The molecule has 19 heavy (non-hydrogen) atoms. The van der Waals surface area contributed by atoms with E-state index >= 15 is 0 Å². The van der Waals surface area contributed by atoms with Gasteiger partial charge in [0, 0.05) is 45.2 Å².